The fraction of sp³-hybridized carbons (Fsp3) is 0.500. The molecule has 5 heteroatoms. The van der Waals surface area contributed by atoms with Crippen molar-refractivity contribution in [3.8, 4) is 0 Å². The Balaban J connectivity index is 2.18. The Kier molecular flexibility index (Phi) is 7.34. The Morgan fingerprint density at radius 1 is 1.37 bits per heavy atom. The molecule has 0 bridgehead atoms. The molecule has 0 heterocycles. The van der Waals surface area contributed by atoms with Crippen molar-refractivity contribution in [1.82, 2.24) is 5.32 Å². The van der Waals surface area contributed by atoms with E-state index in [1.165, 1.54) is 5.56 Å². The van der Waals surface area contributed by atoms with Crippen molar-refractivity contribution < 1.29 is 9.90 Å². The second-order valence-corrected chi connectivity index (χ2v) is 6.54. The highest BCUT2D eigenvalue weighted by Gasteiger charge is 2.20. The lowest BCUT2D eigenvalue weighted by Gasteiger charge is -2.22. The molecule has 0 aliphatic heterocycles. The van der Waals surface area contributed by atoms with Gasteiger partial charge in [-0.25, -0.2) is 0 Å². The number of aliphatic hydroxyl groups is 1. The van der Waals surface area contributed by atoms with Gasteiger partial charge < -0.3 is 10.4 Å². The molecule has 1 rings (SSSR count). The first kappa shape index (κ1) is 16.4. The third-order valence-corrected chi connectivity index (χ3v) is 4.38. The number of benzene rings is 1. The van der Waals surface area contributed by atoms with Crippen LogP contribution in [0, 0.1) is 0 Å². The Labute approximate surface area is 123 Å². The minimum atomic E-state index is -0.834. The molecule has 1 atom stereocenters. The minimum absolute atomic E-state index is 0.0256. The lowest BCUT2D eigenvalue weighted by atomic mass is 10.1. The Morgan fingerprint density at radius 3 is 2.68 bits per heavy atom. The molecule has 3 nitrogen and oxygen atoms in total. The van der Waals surface area contributed by atoms with Crippen LogP contribution in [0.3, 0.4) is 0 Å². The number of nitrogens with one attached hydrogen (secondary N) is 1. The standard InChI is InChI=1S/C14H21NO2S2/c1-14(17,11-18-2)10-15-13(16)9-19-8-12-6-4-3-5-7-12/h3-7,17H,8-11H2,1-2H3,(H,15,16). The van der Waals surface area contributed by atoms with E-state index in [9.17, 15) is 9.90 Å². The van der Waals surface area contributed by atoms with Gasteiger partial charge in [-0.3, -0.25) is 4.79 Å². The molecule has 0 aromatic heterocycles. The maximum absolute atomic E-state index is 11.6. The van der Waals surface area contributed by atoms with E-state index < -0.39 is 5.60 Å². The van der Waals surface area contributed by atoms with Crippen LogP contribution in [-0.4, -0.2) is 40.9 Å². The molecule has 1 aromatic rings. The molecule has 0 spiro atoms. The summed E-state index contributed by atoms with van der Waals surface area (Å²) in [6, 6.07) is 10.1. The van der Waals surface area contributed by atoms with Gasteiger partial charge in [-0.15, -0.1) is 11.8 Å². The Morgan fingerprint density at radius 2 is 2.05 bits per heavy atom. The van der Waals surface area contributed by atoms with E-state index in [1.54, 1.807) is 30.4 Å². The SMILES string of the molecule is CSCC(C)(O)CNC(=O)CSCc1ccccc1. The van der Waals surface area contributed by atoms with E-state index >= 15 is 0 Å². The van der Waals surface area contributed by atoms with Crippen molar-refractivity contribution in [2.24, 2.45) is 0 Å². The molecule has 0 saturated carbocycles. The van der Waals surface area contributed by atoms with Crippen LogP contribution in [-0.2, 0) is 10.5 Å². The monoisotopic (exact) mass is 299 g/mol. The molecule has 106 valence electrons. The summed E-state index contributed by atoms with van der Waals surface area (Å²) in [7, 11) is 0. The molecule has 0 aliphatic rings. The van der Waals surface area contributed by atoms with Crippen LogP contribution in [0.15, 0.2) is 30.3 Å². The number of hydrogen-bond donors (Lipinski definition) is 2. The van der Waals surface area contributed by atoms with E-state index in [1.807, 2.05) is 36.6 Å². The third kappa shape index (κ3) is 7.50. The van der Waals surface area contributed by atoms with Gasteiger partial charge in [0.1, 0.15) is 0 Å². The molecule has 2 N–H and O–H groups in total. The van der Waals surface area contributed by atoms with E-state index in [0.29, 0.717) is 18.1 Å². The zero-order chi connectivity index (χ0) is 14.1. The van der Waals surface area contributed by atoms with Crippen LogP contribution in [0.25, 0.3) is 0 Å². The van der Waals surface area contributed by atoms with E-state index in [4.69, 9.17) is 0 Å². The average Bonchev–Trinajstić information content (AvgIpc) is 2.38. The zero-order valence-electron chi connectivity index (χ0n) is 11.4. The lowest BCUT2D eigenvalue weighted by Crippen LogP contribution is -2.43. The largest absolute Gasteiger partial charge is 0.387 e. The van der Waals surface area contributed by atoms with Crippen LogP contribution in [0.1, 0.15) is 12.5 Å². The summed E-state index contributed by atoms with van der Waals surface area (Å²) in [5, 5.41) is 12.7. The van der Waals surface area contributed by atoms with Crippen LogP contribution < -0.4 is 5.32 Å². The second-order valence-electron chi connectivity index (χ2n) is 4.69. The van der Waals surface area contributed by atoms with Gasteiger partial charge in [0, 0.05) is 18.1 Å². The molecule has 1 aromatic carbocycles. The fourth-order valence-corrected chi connectivity index (χ4v) is 3.08. The quantitative estimate of drug-likeness (QED) is 0.772. The van der Waals surface area contributed by atoms with E-state index in [0.717, 1.165) is 5.75 Å². The molecular formula is C14H21NO2S2. The highest BCUT2D eigenvalue weighted by Crippen LogP contribution is 2.12. The Hall–Kier alpha value is -0.650. The fourth-order valence-electron chi connectivity index (χ4n) is 1.54. The summed E-state index contributed by atoms with van der Waals surface area (Å²) in [4.78, 5) is 11.6. The van der Waals surface area contributed by atoms with Gasteiger partial charge in [-0.1, -0.05) is 30.3 Å². The normalized spacial score (nSPS) is 13.8. The van der Waals surface area contributed by atoms with Gasteiger partial charge >= 0.3 is 0 Å². The molecular weight excluding hydrogens is 278 g/mol. The van der Waals surface area contributed by atoms with Crippen molar-refractivity contribution in [1.29, 1.82) is 0 Å². The molecule has 1 amide bonds. The molecule has 0 fully saturated rings. The number of carbonyl (C=O) groups excluding carboxylic acids is 1. The first-order chi connectivity index (χ1) is 9.03. The summed E-state index contributed by atoms with van der Waals surface area (Å²) < 4.78 is 0. The van der Waals surface area contributed by atoms with Crippen molar-refractivity contribution in [2.45, 2.75) is 18.3 Å². The topological polar surface area (TPSA) is 49.3 Å². The molecule has 0 radical (unpaired) electrons. The summed E-state index contributed by atoms with van der Waals surface area (Å²) in [6.45, 7) is 2.04. The maximum atomic E-state index is 11.6. The van der Waals surface area contributed by atoms with Crippen LogP contribution >= 0.6 is 23.5 Å². The number of carbonyl (C=O) groups is 1. The smallest absolute Gasteiger partial charge is 0.230 e. The predicted molar refractivity (Wildman–Crippen MR) is 84.6 cm³/mol. The third-order valence-electron chi connectivity index (χ3n) is 2.47. The molecule has 1 unspecified atom stereocenters. The van der Waals surface area contributed by atoms with Crippen LogP contribution in [0.5, 0.6) is 0 Å². The van der Waals surface area contributed by atoms with Crippen LogP contribution in [0.2, 0.25) is 0 Å². The van der Waals surface area contributed by atoms with Gasteiger partial charge in [-0.05, 0) is 18.7 Å². The van der Waals surface area contributed by atoms with Crippen molar-refractivity contribution in [3.63, 3.8) is 0 Å². The molecule has 19 heavy (non-hydrogen) atoms. The average molecular weight is 299 g/mol. The first-order valence-electron chi connectivity index (χ1n) is 6.13. The highest BCUT2D eigenvalue weighted by atomic mass is 32.2. The highest BCUT2D eigenvalue weighted by molar-refractivity contribution is 7.99. The van der Waals surface area contributed by atoms with Gasteiger partial charge in [-0.2, -0.15) is 11.8 Å². The Bertz CT molecular complexity index is 382. The van der Waals surface area contributed by atoms with Crippen molar-refractivity contribution in [3.05, 3.63) is 35.9 Å². The zero-order valence-corrected chi connectivity index (χ0v) is 13.0. The van der Waals surface area contributed by atoms with Gasteiger partial charge in [0.2, 0.25) is 5.91 Å². The summed E-state index contributed by atoms with van der Waals surface area (Å²) in [6.07, 6.45) is 1.94. The number of amides is 1. The second kappa shape index (κ2) is 8.51. The lowest BCUT2D eigenvalue weighted by molar-refractivity contribution is -0.119. The van der Waals surface area contributed by atoms with Gasteiger partial charge in [0.25, 0.3) is 0 Å². The number of thioether (sulfide) groups is 2. The first-order valence-corrected chi connectivity index (χ1v) is 8.68. The summed E-state index contributed by atoms with van der Waals surface area (Å²) in [5.74, 6) is 1.84. The van der Waals surface area contributed by atoms with Gasteiger partial charge in [0.05, 0.1) is 11.4 Å². The van der Waals surface area contributed by atoms with Crippen molar-refractivity contribution >= 4 is 29.4 Å². The minimum Gasteiger partial charge on any atom is -0.387 e. The molecule has 0 aliphatic carbocycles. The number of hydrogen-bond acceptors (Lipinski definition) is 4. The molecule has 0 saturated heterocycles. The number of rotatable bonds is 8. The van der Waals surface area contributed by atoms with E-state index in [2.05, 4.69) is 5.32 Å². The van der Waals surface area contributed by atoms with E-state index in [-0.39, 0.29) is 5.91 Å². The van der Waals surface area contributed by atoms with Gasteiger partial charge in [0.15, 0.2) is 0 Å². The predicted octanol–water partition coefficient (Wildman–Crippen LogP) is 2.15. The van der Waals surface area contributed by atoms with Crippen LogP contribution in [0.4, 0.5) is 0 Å². The maximum Gasteiger partial charge on any atom is 0.230 e. The summed E-state index contributed by atoms with van der Waals surface area (Å²) >= 11 is 3.15. The summed E-state index contributed by atoms with van der Waals surface area (Å²) in [5.41, 5.74) is 0.383. The van der Waals surface area contributed by atoms with Crippen molar-refractivity contribution in [2.75, 3.05) is 24.3 Å².